The molecule has 0 saturated heterocycles. The lowest BCUT2D eigenvalue weighted by molar-refractivity contribution is -0.131. The van der Waals surface area contributed by atoms with Crippen molar-refractivity contribution in [3.63, 3.8) is 0 Å². The van der Waals surface area contributed by atoms with E-state index in [1.165, 1.54) is 4.90 Å². The Morgan fingerprint density at radius 3 is 2.62 bits per heavy atom. The number of nitrogens with one attached hydrogen (secondary N) is 1. The summed E-state index contributed by atoms with van der Waals surface area (Å²) in [5, 5.41) is 14.2. The largest absolute Gasteiger partial charge is 0.294 e. The Morgan fingerprint density at radius 1 is 1.12 bits per heavy atom. The Balaban J connectivity index is 1.42. The molecular formula is C25H28N6O. The topological polar surface area (TPSA) is 87.1 Å². The van der Waals surface area contributed by atoms with Gasteiger partial charge in [0.25, 0.3) is 5.91 Å². The molecule has 32 heavy (non-hydrogen) atoms. The second-order valence-electron chi connectivity index (χ2n) is 8.11. The summed E-state index contributed by atoms with van der Waals surface area (Å²) in [6, 6.07) is 15.2. The number of carbonyl (C=O) groups excluding carboxylic acids is 1. The van der Waals surface area contributed by atoms with Crippen molar-refractivity contribution in [1.29, 1.82) is 0 Å². The summed E-state index contributed by atoms with van der Waals surface area (Å²) in [7, 11) is 0. The number of H-pyrrole nitrogens is 1. The standard InChI is InChI=1S/C25H28N6O/c1-2-3-10-22-26-25(15-6-7-16-25)24(32)31(22)17-18-11-13-19(14-12-18)20-8-4-5-9-21(20)23-27-29-30-28-23/h4-5,8-9,11-14H,2-3,6-7,10,15-17H2,1H3,(H,27,28,29,30)/i1D3,2D2,3D2. The zero-order valence-corrected chi connectivity index (χ0v) is 17.5. The van der Waals surface area contributed by atoms with Crippen LogP contribution in [0, 0.1) is 0 Å². The first-order chi connectivity index (χ1) is 18.3. The molecule has 1 aromatic heterocycles. The van der Waals surface area contributed by atoms with Crippen LogP contribution in [0.25, 0.3) is 22.5 Å². The molecule has 2 heterocycles. The second-order valence-corrected chi connectivity index (χ2v) is 8.11. The van der Waals surface area contributed by atoms with Crippen molar-refractivity contribution in [2.24, 2.45) is 4.99 Å². The van der Waals surface area contributed by atoms with Crippen molar-refractivity contribution >= 4 is 11.7 Å². The van der Waals surface area contributed by atoms with Crippen molar-refractivity contribution in [2.75, 3.05) is 0 Å². The number of amidine groups is 1. The maximum atomic E-state index is 13.6. The summed E-state index contributed by atoms with van der Waals surface area (Å²) in [6.45, 7) is -3.07. The van der Waals surface area contributed by atoms with Gasteiger partial charge in [0.1, 0.15) is 11.4 Å². The van der Waals surface area contributed by atoms with Crippen molar-refractivity contribution in [3.05, 3.63) is 54.1 Å². The highest BCUT2D eigenvalue weighted by molar-refractivity contribution is 6.08. The number of amides is 1. The fourth-order valence-electron chi connectivity index (χ4n) is 4.61. The number of aromatic nitrogens is 4. The van der Waals surface area contributed by atoms with E-state index in [-0.39, 0.29) is 18.3 Å². The molecule has 3 aromatic rings. The van der Waals surface area contributed by atoms with Gasteiger partial charge in [0.05, 0.1) is 6.54 Å². The summed E-state index contributed by atoms with van der Waals surface area (Å²) < 4.78 is 55.3. The van der Waals surface area contributed by atoms with Crippen molar-refractivity contribution < 1.29 is 14.4 Å². The second kappa shape index (κ2) is 8.65. The predicted octanol–water partition coefficient (Wildman–Crippen LogP) is 4.78. The van der Waals surface area contributed by atoms with E-state index < -0.39 is 31.6 Å². The highest BCUT2D eigenvalue weighted by Crippen LogP contribution is 2.40. The van der Waals surface area contributed by atoms with Crippen LogP contribution in [-0.4, -0.2) is 42.8 Å². The molecule has 1 saturated carbocycles. The Hall–Kier alpha value is -3.35. The van der Waals surface area contributed by atoms with Gasteiger partial charge in [-0.3, -0.25) is 14.7 Å². The Labute approximate surface area is 197 Å². The molecule has 7 heteroatoms. The van der Waals surface area contributed by atoms with Crippen LogP contribution in [0.3, 0.4) is 0 Å². The lowest BCUT2D eigenvalue weighted by Crippen LogP contribution is -2.40. The summed E-state index contributed by atoms with van der Waals surface area (Å²) in [5.41, 5.74) is 2.38. The van der Waals surface area contributed by atoms with Gasteiger partial charge in [0, 0.05) is 21.6 Å². The van der Waals surface area contributed by atoms with E-state index in [1.54, 1.807) is 0 Å². The highest BCUT2D eigenvalue weighted by Gasteiger charge is 2.49. The van der Waals surface area contributed by atoms with Crippen LogP contribution in [-0.2, 0) is 11.3 Å². The minimum atomic E-state index is -3.18. The molecule has 2 aliphatic rings. The number of nitrogens with zero attached hydrogens (tertiary/aromatic N) is 5. The first-order valence-corrected chi connectivity index (χ1v) is 10.7. The number of aliphatic imine (C=N–C) groups is 1. The van der Waals surface area contributed by atoms with E-state index in [0.29, 0.717) is 18.7 Å². The third-order valence-electron chi connectivity index (χ3n) is 6.18. The quantitative estimate of drug-likeness (QED) is 0.579. The van der Waals surface area contributed by atoms with Gasteiger partial charge in [-0.15, -0.1) is 10.2 Å². The van der Waals surface area contributed by atoms with Crippen LogP contribution in [0.1, 0.15) is 66.9 Å². The van der Waals surface area contributed by atoms with Crippen LogP contribution in [0.4, 0.5) is 0 Å². The van der Waals surface area contributed by atoms with Gasteiger partial charge in [-0.2, -0.15) is 5.21 Å². The van der Waals surface area contributed by atoms with Crippen LogP contribution in [0.2, 0.25) is 0 Å². The van der Waals surface area contributed by atoms with Gasteiger partial charge in [-0.25, -0.2) is 0 Å². The predicted molar refractivity (Wildman–Crippen MR) is 124 cm³/mol. The summed E-state index contributed by atoms with van der Waals surface area (Å²) >= 11 is 0. The molecule has 0 atom stereocenters. The Bertz CT molecular complexity index is 1380. The van der Waals surface area contributed by atoms with E-state index in [1.807, 2.05) is 48.5 Å². The number of hydrogen-bond acceptors (Lipinski definition) is 5. The third kappa shape index (κ3) is 3.72. The van der Waals surface area contributed by atoms with E-state index in [9.17, 15) is 4.79 Å². The van der Waals surface area contributed by atoms with Crippen LogP contribution < -0.4 is 0 Å². The van der Waals surface area contributed by atoms with Crippen molar-refractivity contribution in [1.82, 2.24) is 25.5 Å². The van der Waals surface area contributed by atoms with Gasteiger partial charge in [-0.1, -0.05) is 74.6 Å². The average Bonchev–Trinajstić information content (AvgIpc) is 3.63. The Kier molecular flexibility index (Phi) is 3.77. The van der Waals surface area contributed by atoms with Crippen LogP contribution in [0.5, 0.6) is 0 Å². The minimum Gasteiger partial charge on any atom is -0.294 e. The fraction of sp³-hybridized carbons (Fsp3) is 0.400. The molecule has 1 aliphatic carbocycles. The number of aromatic amines is 1. The first kappa shape index (κ1) is 13.9. The molecule has 0 bridgehead atoms. The molecule has 1 amide bonds. The normalized spacial score (nSPS) is 21.9. The molecule has 1 fully saturated rings. The minimum absolute atomic E-state index is 0.0894. The van der Waals surface area contributed by atoms with E-state index in [2.05, 4.69) is 25.6 Å². The lowest BCUT2D eigenvalue weighted by atomic mass is 9.97. The van der Waals surface area contributed by atoms with E-state index in [4.69, 9.17) is 9.60 Å². The van der Waals surface area contributed by atoms with E-state index in [0.717, 1.165) is 35.1 Å². The van der Waals surface area contributed by atoms with Gasteiger partial charge < -0.3 is 0 Å². The van der Waals surface area contributed by atoms with E-state index >= 15 is 0 Å². The third-order valence-corrected chi connectivity index (χ3v) is 6.18. The fourth-order valence-corrected chi connectivity index (χ4v) is 4.61. The van der Waals surface area contributed by atoms with Gasteiger partial charge in [0.15, 0.2) is 0 Å². The number of rotatable bonds is 7. The molecule has 1 N–H and O–H groups in total. The molecule has 2 aromatic carbocycles. The van der Waals surface area contributed by atoms with Crippen LogP contribution >= 0.6 is 0 Å². The molecule has 0 radical (unpaired) electrons. The van der Waals surface area contributed by atoms with Gasteiger partial charge >= 0.3 is 0 Å². The monoisotopic (exact) mass is 435 g/mol. The van der Waals surface area contributed by atoms with Crippen LogP contribution in [0.15, 0.2) is 53.5 Å². The van der Waals surface area contributed by atoms with Crippen molar-refractivity contribution in [2.45, 2.75) is 63.8 Å². The number of benzene rings is 2. The van der Waals surface area contributed by atoms with Gasteiger partial charge in [-0.05, 0) is 41.1 Å². The number of hydrogen-bond donors (Lipinski definition) is 1. The molecule has 1 spiro atoms. The molecule has 7 nitrogen and oxygen atoms in total. The smallest absolute Gasteiger partial charge is 0.256 e. The number of carbonyl (C=O) groups is 1. The maximum Gasteiger partial charge on any atom is 0.256 e. The highest BCUT2D eigenvalue weighted by atomic mass is 16.2. The number of tetrazole rings is 1. The molecular weight excluding hydrogens is 400 g/mol. The lowest BCUT2D eigenvalue weighted by Gasteiger charge is -2.23. The Morgan fingerprint density at radius 2 is 1.91 bits per heavy atom. The first-order valence-electron chi connectivity index (χ1n) is 14.2. The van der Waals surface area contributed by atoms with Gasteiger partial charge in [0.2, 0.25) is 5.82 Å². The molecule has 164 valence electrons. The molecule has 0 unspecified atom stereocenters. The SMILES string of the molecule is [2H]C([2H])([2H])C([2H])([2H])C([2H])([2H])CC1=NC2(CCCC2)C(=O)N1Cc1ccc(-c2ccccc2-c2nn[nH]n2)cc1. The summed E-state index contributed by atoms with van der Waals surface area (Å²) in [6.07, 6.45) is -3.83. The summed E-state index contributed by atoms with van der Waals surface area (Å²) in [5.74, 6) is 0.310. The zero-order valence-electron chi connectivity index (χ0n) is 24.5. The van der Waals surface area contributed by atoms with Crippen molar-refractivity contribution in [3.8, 4) is 22.5 Å². The average molecular weight is 436 g/mol. The summed E-state index contributed by atoms with van der Waals surface area (Å²) in [4.78, 5) is 19.6. The zero-order chi connectivity index (χ0) is 28.1. The molecule has 1 aliphatic heterocycles. The maximum absolute atomic E-state index is 13.6. The molecule has 5 rings (SSSR count).